The van der Waals surface area contributed by atoms with Crippen molar-refractivity contribution in [3.05, 3.63) is 60.2 Å². The summed E-state index contributed by atoms with van der Waals surface area (Å²) in [6.07, 6.45) is 7.75. The van der Waals surface area contributed by atoms with E-state index >= 15 is 0 Å². The third kappa shape index (κ3) is 4.39. The van der Waals surface area contributed by atoms with Crippen LogP contribution < -0.4 is 4.74 Å². The molecule has 2 aliphatic rings. The number of carbonyl (C=O) groups is 1. The molecule has 0 saturated heterocycles. The van der Waals surface area contributed by atoms with Crippen molar-refractivity contribution in [1.82, 2.24) is 0 Å². The highest BCUT2D eigenvalue weighted by Crippen LogP contribution is 2.60. The molecule has 1 N–H and O–H groups in total. The van der Waals surface area contributed by atoms with E-state index in [4.69, 9.17) is 14.6 Å². The maximum atomic E-state index is 10.8. The lowest BCUT2D eigenvalue weighted by molar-refractivity contribution is -0.137. The fourth-order valence-corrected chi connectivity index (χ4v) is 4.94. The largest absolute Gasteiger partial charge is 0.481 e. The lowest BCUT2D eigenvalue weighted by atomic mass is 9.80. The topological polar surface area (TPSA) is 55.8 Å². The van der Waals surface area contributed by atoms with Crippen molar-refractivity contribution in [1.29, 1.82) is 0 Å². The summed E-state index contributed by atoms with van der Waals surface area (Å²) in [5.74, 6) is 0.975. The van der Waals surface area contributed by atoms with Gasteiger partial charge in [0, 0.05) is 6.42 Å². The highest BCUT2D eigenvalue weighted by atomic mass is 16.5. The van der Waals surface area contributed by atoms with Crippen LogP contribution in [0.3, 0.4) is 0 Å². The fourth-order valence-electron chi connectivity index (χ4n) is 4.94. The van der Waals surface area contributed by atoms with Crippen LogP contribution in [0.15, 0.2) is 54.6 Å². The molecular formula is C24H28O4. The smallest absolute Gasteiger partial charge is 0.303 e. The van der Waals surface area contributed by atoms with Crippen LogP contribution in [0.1, 0.15) is 56.9 Å². The quantitative estimate of drug-likeness (QED) is 0.584. The molecule has 0 aromatic heterocycles. The zero-order valence-electron chi connectivity index (χ0n) is 16.2. The van der Waals surface area contributed by atoms with Crippen molar-refractivity contribution >= 4 is 5.97 Å². The fraction of sp³-hybridized carbons (Fsp3) is 0.458. The van der Waals surface area contributed by atoms with Crippen LogP contribution >= 0.6 is 0 Å². The van der Waals surface area contributed by atoms with E-state index < -0.39 is 5.97 Å². The Balaban J connectivity index is 1.28. The molecule has 4 nitrogen and oxygen atoms in total. The number of fused-ring (bicyclic) bond motifs is 2. The summed E-state index contributed by atoms with van der Waals surface area (Å²) >= 11 is 0. The van der Waals surface area contributed by atoms with E-state index in [0.29, 0.717) is 12.0 Å². The molecule has 2 bridgehead atoms. The third-order valence-electron chi connectivity index (χ3n) is 6.46. The van der Waals surface area contributed by atoms with E-state index in [1.54, 1.807) is 0 Å². The third-order valence-corrected chi connectivity index (χ3v) is 6.46. The van der Waals surface area contributed by atoms with E-state index in [9.17, 15) is 4.79 Å². The second kappa shape index (κ2) is 7.96. The molecule has 0 unspecified atom stereocenters. The van der Waals surface area contributed by atoms with Crippen LogP contribution in [0.4, 0.5) is 0 Å². The predicted octanol–water partition coefficient (Wildman–Crippen LogP) is 5.95. The first-order valence-electron chi connectivity index (χ1n) is 10.2. The molecule has 2 saturated carbocycles. The minimum Gasteiger partial charge on any atom is -0.481 e. The average Bonchev–Trinajstić information content (AvgIpc) is 3.25. The lowest BCUT2D eigenvalue weighted by Gasteiger charge is -2.28. The van der Waals surface area contributed by atoms with Gasteiger partial charge in [-0.05, 0) is 80.2 Å². The van der Waals surface area contributed by atoms with Gasteiger partial charge in [0.15, 0.2) is 0 Å². The summed E-state index contributed by atoms with van der Waals surface area (Å²) < 4.78 is 12.3. The molecule has 0 aliphatic heterocycles. The van der Waals surface area contributed by atoms with Crippen molar-refractivity contribution in [2.45, 2.75) is 63.6 Å². The molecule has 4 rings (SSSR count). The van der Waals surface area contributed by atoms with Crippen molar-refractivity contribution in [2.24, 2.45) is 5.41 Å². The Labute approximate surface area is 166 Å². The summed E-state index contributed by atoms with van der Waals surface area (Å²) in [5, 5.41) is 8.88. The molecular weight excluding hydrogens is 352 g/mol. The molecule has 2 fully saturated rings. The first-order chi connectivity index (χ1) is 13.6. The van der Waals surface area contributed by atoms with Gasteiger partial charge < -0.3 is 14.6 Å². The minimum absolute atomic E-state index is 0.00241. The monoisotopic (exact) mass is 380 g/mol. The maximum absolute atomic E-state index is 10.8. The lowest BCUT2D eigenvalue weighted by Crippen LogP contribution is -2.26. The van der Waals surface area contributed by atoms with Gasteiger partial charge in [0.2, 0.25) is 0 Å². The summed E-state index contributed by atoms with van der Waals surface area (Å²) in [7, 11) is 0. The Hall–Kier alpha value is -2.33. The van der Waals surface area contributed by atoms with Crippen LogP contribution in [-0.2, 0) is 16.1 Å². The van der Waals surface area contributed by atoms with Gasteiger partial charge in [-0.2, -0.15) is 0 Å². The number of carboxylic acids is 1. The summed E-state index contributed by atoms with van der Waals surface area (Å²) in [5.41, 5.74) is 1.48. The van der Waals surface area contributed by atoms with Crippen LogP contribution in [0.2, 0.25) is 0 Å². The molecule has 0 atom stereocenters. The molecule has 28 heavy (non-hydrogen) atoms. The Bertz CT molecular complexity index is 789. The van der Waals surface area contributed by atoms with Crippen LogP contribution in [0.25, 0.3) is 0 Å². The van der Waals surface area contributed by atoms with E-state index in [1.807, 2.05) is 42.5 Å². The minimum atomic E-state index is -0.686. The number of carboxylic acid groups (broad SMARTS) is 1. The molecule has 4 heteroatoms. The first kappa shape index (κ1) is 19.0. The van der Waals surface area contributed by atoms with Crippen LogP contribution in [0.5, 0.6) is 11.5 Å². The highest BCUT2D eigenvalue weighted by Gasteiger charge is 2.54. The molecule has 2 aliphatic carbocycles. The SMILES string of the molecule is O=C(O)CCCC12CCC(OCc3ccc(Oc4ccccc4)cc3)(CC1)C2. The maximum Gasteiger partial charge on any atom is 0.303 e. The highest BCUT2D eigenvalue weighted by molar-refractivity contribution is 5.66. The molecule has 0 radical (unpaired) electrons. The zero-order chi connectivity index (χ0) is 19.5. The molecule has 0 heterocycles. The number of rotatable bonds is 9. The molecule has 0 amide bonds. The molecule has 2 aromatic carbocycles. The Kier molecular flexibility index (Phi) is 5.40. The Morgan fingerprint density at radius 3 is 2.29 bits per heavy atom. The molecule has 2 aromatic rings. The van der Waals surface area contributed by atoms with Gasteiger partial charge in [0.05, 0.1) is 12.2 Å². The van der Waals surface area contributed by atoms with Crippen molar-refractivity contribution in [2.75, 3.05) is 0 Å². The van der Waals surface area contributed by atoms with E-state index in [0.717, 1.165) is 49.2 Å². The number of para-hydroxylation sites is 1. The van der Waals surface area contributed by atoms with Crippen molar-refractivity contribution in [3.63, 3.8) is 0 Å². The summed E-state index contributed by atoms with van der Waals surface area (Å²) in [4.78, 5) is 10.8. The van der Waals surface area contributed by atoms with Crippen molar-refractivity contribution in [3.8, 4) is 11.5 Å². The van der Waals surface area contributed by atoms with Gasteiger partial charge in [0.1, 0.15) is 11.5 Å². The van der Waals surface area contributed by atoms with Gasteiger partial charge >= 0.3 is 5.97 Å². The second-order valence-electron chi connectivity index (χ2n) is 8.45. The standard InChI is InChI=1S/C24H28O4/c25-22(26)7-4-12-23-13-15-24(18-23,16-14-23)27-17-19-8-10-21(11-9-19)28-20-5-2-1-3-6-20/h1-3,5-6,8-11H,4,7,12-18H2,(H,25,26). The number of hydrogen-bond acceptors (Lipinski definition) is 3. The predicted molar refractivity (Wildman–Crippen MR) is 107 cm³/mol. The summed E-state index contributed by atoms with van der Waals surface area (Å²) in [6.45, 7) is 0.622. The number of aliphatic carboxylic acids is 1. The first-order valence-corrected chi connectivity index (χ1v) is 10.2. The van der Waals surface area contributed by atoms with Gasteiger partial charge in [-0.15, -0.1) is 0 Å². The number of benzene rings is 2. The van der Waals surface area contributed by atoms with E-state index in [2.05, 4.69) is 12.1 Å². The van der Waals surface area contributed by atoms with Gasteiger partial charge in [-0.1, -0.05) is 30.3 Å². The average molecular weight is 380 g/mol. The number of ether oxygens (including phenoxy) is 2. The van der Waals surface area contributed by atoms with Crippen LogP contribution in [-0.4, -0.2) is 16.7 Å². The van der Waals surface area contributed by atoms with E-state index in [1.165, 1.54) is 12.8 Å². The van der Waals surface area contributed by atoms with E-state index in [-0.39, 0.29) is 12.0 Å². The van der Waals surface area contributed by atoms with Gasteiger partial charge in [-0.25, -0.2) is 0 Å². The second-order valence-corrected chi connectivity index (χ2v) is 8.45. The number of hydrogen-bond donors (Lipinski definition) is 1. The molecule has 0 spiro atoms. The Morgan fingerprint density at radius 2 is 1.61 bits per heavy atom. The Morgan fingerprint density at radius 1 is 0.929 bits per heavy atom. The molecule has 148 valence electrons. The van der Waals surface area contributed by atoms with Crippen molar-refractivity contribution < 1.29 is 19.4 Å². The van der Waals surface area contributed by atoms with Gasteiger partial charge in [-0.3, -0.25) is 4.79 Å². The summed E-state index contributed by atoms with van der Waals surface area (Å²) in [6, 6.07) is 17.9. The van der Waals surface area contributed by atoms with Crippen LogP contribution in [0, 0.1) is 5.41 Å². The van der Waals surface area contributed by atoms with Gasteiger partial charge in [0.25, 0.3) is 0 Å². The normalized spacial score (nSPS) is 25.7. The zero-order valence-corrected chi connectivity index (χ0v) is 16.2.